The number of anilines is 3. The van der Waals surface area contributed by atoms with Gasteiger partial charge in [0.25, 0.3) is 17.5 Å². The minimum absolute atomic E-state index is 0.141. The Hall–Kier alpha value is -4.20. The van der Waals surface area contributed by atoms with Gasteiger partial charge in [-0.3, -0.25) is 19.7 Å². The van der Waals surface area contributed by atoms with Gasteiger partial charge >= 0.3 is 0 Å². The van der Waals surface area contributed by atoms with E-state index in [0.29, 0.717) is 16.9 Å². The van der Waals surface area contributed by atoms with Crippen molar-refractivity contribution in [2.45, 2.75) is 25.8 Å². The van der Waals surface area contributed by atoms with Gasteiger partial charge in [0, 0.05) is 34.6 Å². The maximum absolute atomic E-state index is 12.8. The fourth-order valence-electron chi connectivity index (χ4n) is 3.20. The summed E-state index contributed by atoms with van der Waals surface area (Å²) in [4.78, 5) is 36.2. The normalized spacial score (nSPS) is 12.7. The Morgan fingerprint density at radius 3 is 2.28 bits per heavy atom. The first-order valence-corrected chi connectivity index (χ1v) is 10.2. The van der Waals surface area contributed by atoms with E-state index in [9.17, 15) is 19.7 Å². The number of benzene rings is 3. The molecule has 3 N–H and O–H groups in total. The standard InChI is InChI=1S/C24H22N4O4/c1-15-7-8-16(23(29)26-19-10-11-19)13-21(15)27-24(30)17-9-12-20(22(14-17)28(31)32)25-18-5-3-2-4-6-18/h2-9,12-14,19,25H,10-11H2,1H3,(H,26,29)(H,27,30). The van der Waals surface area contributed by atoms with Crippen molar-refractivity contribution in [1.29, 1.82) is 0 Å². The third-order valence-electron chi connectivity index (χ3n) is 5.17. The van der Waals surface area contributed by atoms with E-state index in [2.05, 4.69) is 16.0 Å². The molecule has 2 amide bonds. The lowest BCUT2D eigenvalue weighted by molar-refractivity contribution is -0.383. The topological polar surface area (TPSA) is 113 Å². The maximum atomic E-state index is 12.8. The first-order valence-electron chi connectivity index (χ1n) is 10.2. The van der Waals surface area contributed by atoms with Crippen LogP contribution in [0.25, 0.3) is 0 Å². The summed E-state index contributed by atoms with van der Waals surface area (Å²) in [5.74, 6) is -0.683. The molecule has 1 aliphatic carbocycles. The van der Waals surface area contributed by atoms with E-state index in [1.807, 2.05) is 25.1 Å². The van der Waals surface area contributed by atoms with Crippen molar-refractivity contribution in [3.05, 3.63) is 93.5 Å². The molecular formula is C24H22N4O4. The van der Waals surface area contributed by atoms with Crippen LogP contribution in [0.2, 0.25) is 0 Å². The molecule has 1 aliphatic rings. The molecule has 0 atom stereocenters. The van der Waals surface area contributed by atoms with Crippen LogP contribution in [-0.2, 0) is 0 Å². The van der Waals surface area contributed by atoms with Crippen LogP contribution in [0.15, 0.2) is 66.7 Å². The second kappa shape index (κ2) is 8.89. The molecule has 0 heterocycles. The van der Waals surface area contributed by atoms with E-state index in [0.717, 1.165) is 18.4 Å². The molecule has 4 rings (SSSR count). The Morgan fingerprint density at radius 1 is 0.906 bits per heavy atom. The predicted molar refractivity (Wildman–Crippen MR) is 122 cm³/mol. The second-order valence-corrected chi connectivity index (χ2v) is 7.71. The number of nitro groups is 1. The van der Waals surface area contributed by atoms with Crippen molar-refractivity contribution in [2.75, 3.05) is 10.6 Å². The van der Waals surface area contributed by atoms with Crippen LogP contribution in [0.1, 0.15) is 39.1 Å². The average Bonchev–Trinajstić information content (AvgIpc) is 3.60. The molecule has 0 bridgehead atoms. The molecule has 0 unspecified atom stereocenters. The Bertz CT molecular complexity index is 1190. The molecular weight excluding hydrogens is 408 g/mol. The number of nitrogens with one attached hydrogen (secondary N) is 3. The molecule has 0 spiro atoms. The van der Waals surface area contributed by atoms with E-state index in [1.54, 1.807) is 30.3 Å². The third-order valence-corrected chi connectivity index (χ3v) is 5.17. The Balaban J connectivity index is 1.54. The summed E-state index contributed by atoms with van der Waals surface area (Å²) in [6.07, 6.45) is 1.96. The van der Waals surface area contributed by atoms with Crippen LogP contribution in [0.4, 0.5) is 22.7 Å². The Kier molecular flexibility index (Phi) is 5.85. The van der Waals surface area contributed by atoms with E-state index in [4.69, 9.17) is 0 Å². The molecule has 0 aliphatic heterocycles. The minimum atomic E-state index is -0.532. The van der Waals surface area contributed by atoms with Gasteiger partial charge in [-0.15, -0.1) is 0 Å². The molecule has 162 valence electrons. The monoisotopic (exact) mass is 430 g/mol. The molecule has 0 radical (unpaired) electrons. The van der Waals surface area contributed by atoms with Crippen molar-refractivity contribution in [3.8, 4) is 0 Å². The van der Waals surface area contributed by atoms with Crippen LogP contribution < -0.4 is 16.0 Å². The molecule has 32 heavy (non-hydrogen) atoms. The summed E-state index contributed by atoms with van der Waals surface area (Å²) in [5.41, 5.74) is 2.62. The number of hydrogen-bond donors (Lipinski definition) is 3. The first-order chi connectivity index (χ1) is 15.4. The number of para-hydroxylation sites is 1. The quantitative estimate of drug-likeness (QED) is 0.368. The molecule has 1 fully saturated rings. The highest BCUT2D eigenvalue weighted by molar-refractivity contribution is 6.06. The van der Waals surface area contributed by atoms with Crippen molar-refractivity contribution in [3.63, 3.8) is 0 Å². The summed E-state index contributed by atoms with van der Waals surface area (Å²) in [6.45, 7) is 1.81. The third kappa shape index (κ3) is 4.92. The number of nitrogens with zero attached hydrogens (tertiary/aromatic N) is 1. The molecule has 8 heteroatoms. The van der Waals surface area contributed by atoms with Gasteiger partial charge in [-0.2, -0.15) is 0 Å². The number of hydrogen-bond acceptors (Lipinski definition) is 5. The SMILES string of the molecule is Cc1ccc(C(=O)NC2CC2)cc1NC(=O)c1ccc(Nc2ccccc2)c([N+](=O)[O-])c1. The lowest BCUT2D eigenvalue weighted by atomic mass is 10.1. The lowest BCUT2D eigenvalue weighted by Gasteiger charge is -2.12. The van der Waals surface area contributed by atoms with Gasteiger partial charge in [-0.25, -0.2) is 0 Å². The van der Waals surface area contributed by atoms with Crippen molar-refractivity contribution < 1.29 is 14.5 Å². The van der Waals surface area contributed by atoms with Gasteiger partial charge in [-0.1, -0.05) is 24.3 Å². The van der Waals surface area contributed by atoms with Crippen molar-refractivity contribution in [2.24, 2.45) is 0 Å². The van der Waals surface area contributed by atoms with Crippen LogP contribution >= 0.6 is 0 Å². The van der Waals surface area contributed by atoms with E-state index < -0.39 is 10.8 Å². The van der Waals surface area contributed by atoms with Gasteiger partial charge in [0.15, 0.2) is 0 Å². The lowest BCUT2D eigenvalue weighted by Crippen LogP contribution is -2.25. The Morgan fingerprint density at radius 2 is 1.59 bits per heavy atom. The summed E-state index contributed by atoms with van der Waals surface area (Å²) in [5, 5.41) is 20.3. The number of amides is 2. The summed E-state index contributed by atoms with van der Waals surface area (Å²) in [6, 6.07) is 18.6. The average molecular weight is 430 g/mol. The van der Waals surface area contributed by atoms with Crippen molar-refractivity contribution >= 4 is 34.6 Å². The number of nitro benzene ring substituents is 1. The highest BCUT2D eigenvalue weighted by Gasteiger charge is 2.24. The second-order valence-electron chi connectivity index (χ2n) is 7.71. The van der Waals surface area contributed by atoms with Gasteiger partial charge in [-0.05, 0) is 61.7 Å². The highest BCUT2D eigenvalue weighted by atomic mass is 16.6. The van der Waals surface area contributed by atoms with Crippen LogP contribution in [0, 0.1) is 17.0 Å². The fraction of sp³-hybridized carbons (Fsp3) is 0.167. The molecule has 8 nitrogen and oxygen atoms in total. The predicted octanol–water partition coefficient (Wildman–Crippen LogP) is 4.79. The van der Waals surface area contributed by atoms with Gasteiger partial charge in [0.1, 0.15) is 5.69 Å². The number of rotatable bonds is 7. The minimum Gasteiger partial charge on any atom is -0.350 e. The number of carbonyl (C=O) groups is 2. The largest absolute Gasteiger partial charge is 0.350 e. The zero-order valence-electron chi connectivity index (χ0n) is 17.4. The molecule has 3 aromatic rings. The molecule has 3 aromatic carbocycles. The summed E-state index contributed by atoms with van der Waals surface area (Å²) >= 11 is 0. The molecule has 0 aromatic heterocycles. The first kappa shape index (κ1) is 21.0. The van der Waals surface area contributed by atoms with Crippen molar-refractivity contribution in [1.82, 2.24) is 5.32 Å². The van der Waals surface area contributed by atoms with Gasteiger partial charge in [0.2, 0.25) is 0 Å². The Labute approximate surface area is 184 Å². The fourth-order valence-corrected chi connectivity index (χ4v) is 3.20. The highest BCUT2D eigenvalue weighted by Crippen LogP contribution is 2.29. The zero-order valence-corrected chi connectivity index (χ0v) is 17.4. The van der Waals surface area contributed by atoms with E-state index >= 15 is 0 Å². The van der Waals surface area contributed by atoms with Gasteiger partial charge < -0.3 is 16.0 Å². The maximum Gasteiger partial charge on any atom is 0.293 e. The van der Waals surface area contributed by atoms with Gasteiger partial charge in [0.05, 0.1) is 4.92 Å². The molecule has 1 saturated carbocycles. The zero-order chi connectivity index (χ0) is 22.7. The van der Waals surface area contributed by atoms with E-state index in [-0.39, 0.29) is 28.9 Å². The van der Waals surface area contributed by atoms with E-state index in [1.165, 1.54) is 18.2 Å². The summed E-state index contributed by atoms with van der Waals surface area (Å²) in [7, 11) is 0. The smallest absolute Gasteiger partial charge is 0.293 e. The van der Waals surface area contributed by atoms with Crippen LogP contribution in [-0.4, -0.2) is 22.8 Å². The molecule has 0 saturated heterocycles. The summed E-state index contributed by atoms with van der Waals surface area (Å²) < 4.78 is 0. The number of aryl methyl sites for hydroxylation is 1. The van der Waals surface area contributed by atoms with Crippen LogP contribution in [0.3, 0.4) is 0 Å². The number of carbonyl (C=O) groups excluding carboxylic acids is 2. The van der Waals surface area contributed by atoms with Crippen LogP contribution in [0.5, 0.6) is 0 Å².